The second kappa shape index (κ2) is 8.35. The summed E-state index contributed by atoms with van der Waals surface area (Å²) in [5.74, 6) is 1.40. The van der Waals surface area contributed by atoms with E-state index in [-0.39, 0.29) is 17.6 Å². The van der Waals surface area contributed by atoms with E-state index in [4.69, 9.17) is 32.7 Å². The molecule has 2 aromatic carbocycles. The van der Waals surface area contributed by atoms with Crippen LogP contribution in [-0.4, -0.2) is 43.9 Å². The fourth-order valence-electron chi connectivity index (χ4n) is 5.41. The molecule has 0 aliphatic heterocycles. The minimum Gasteiger partial charge on any atom is -0.493 e. The average molecular weight is 520 g/mol. The maximum absolute atomic E-state index is 11.5. The normalized spacial score (nSPS) is 23.1. The number of hydrogen-bond donors (Lipinski definition) is 1. The van der Waals surface area contributed by atoms with E-state index < -0.39 is 10.0 Å². The first kappa shape index (κ1) is 23.3. The van der Waals surface area contributed by atoms with Crippen molar-refractivity contribution in [3.63, 3.8) is 0 Å². The fraction of sp³-hybridized carbons (Fsp3) is 0.375. The van der Waals surface area contributed by atoms with Crippen molar-refractivity contribution in [2.75, 3.05) is 25.3 Å². The summed E-state index contributed by atoms with van der Waals surface area (Å²) in [5.41, 5.74) is 1.85. The molecule has 0 radical (unpaired) electrons. The van der Waals surface area contributed by atoms with Crippen LogP contribution in [0.5, 0.6) is 11.5 Å². The van der Waals surface area contributed by atoms with Crippen LogP contribution in [-0.2, 0) is 10.0 Å². The van der Waals surface area contributed by atoms with Crippen LogP contribution in [0, 0.1) is 16.7 Å². The minimum atomic E-state index is -3.19. The molecular weight excluding hydrogens is 497 g/mol. The lowest BCUT2D eigenvalue weighted by Crippen LogP contribution is -2.76. The SMILES string of the molecule is CS(=O)(=O)NC12CC(COc3ccc4c(ccn4-c4cc(Cl)c(OCCCl)c(C#N)c4)c3)(C1)C2. The Hall–Kier alpha value is -2.44. The molecule has 178 valence electrons. The van der Waals surface area contributed by atoms with Gasteiger partial charge in [0.2, 0.25) is 10.0 Å². The van der Waals surface area contributed by atoms with Gasteiger partial charge in [-0.05, 0) is 55.7 Å². The van der Waals surface area contributed by atoms with Crippen LogP contribution in [0.3, 0.4) is 0 Å². The Labute approximate surface area is 208 Å². The van der Waals surface area contributed by atoms with E-state index in [0.717, 1.165) is 41.6 Å². The van der Waals surface area contributed by atoms with Crippen molar-refractivity contribution in [1.29, 1.82) is 5.26 Å². The molecule has 3 fully saturated rings. The highest BCUT2D eigenvalue weighted by atomic mass is 35.5. The van der Waals surface area contributed by atoms with E-state index in [9.17, 15) is 13.7 Å². The number of sulfonamides is 1. The molecule has 6 rings (SSSR count). The van der Waals surface area contributed by atoms with Crippen LogP contribution >= 0.6 is 23.2 Å². The summed E-state index contributed by atoms with van der Waals surface area (Å²) >= 11 is 12.1. The molecule has 10 heteroatoms. The van der Waals surface area contributed by atoms with Gasteiger partial charge >= 0.3 is 0 Å². The Kier molecular flexibility index (Phi) is 5.72. The smallest absolute Gasteiger partial charge is 0.209 e. The van der Waals surface area contributed by atoms with Gasteiger partial charge in [-0.2, -0.15) is 5.26 Å². The number of ether oxygens (including phenoxy) is 2. The fourth-order valence-corrected chi connectivity index (χ4v) is 6.76. The maximum Gasteiger partial charge on any atom is 0.209 e. The Bertz CT molecular complexity index is 1410. The number of hydrogen-bond acceptors (Lipinski definition) is 5. The maximum atomic E-state index is 11.5. The first-order valence-corrected chi connectivity index (χ1v) is 13.6. The van der Waals surface area contributed by atoms with Crippen molar-refractivity contribution in [1.82, 2.24) is 9.29 Å². The molecule has 2 bridgehead atoms. The molecule has 0 unspecified atom stereocenters. The quantitative estimate of drug-likeness (QED) is 0.416. The van der Waals surface area contributed by atoms with Gasteiger partial charge in [0, 0.05) is 28.2 Å². The molecule has 34 heavy (non-hydrogen) atoms. The Morgan fingerprint density at radius 1 is 1.18 bits per heavy atom. The number of nitriles is 1. The molecule has 7 nitrogen and oxygen atoms in total. The molecule has 3 saturated carbocycles. The Morgan fingerprint density at radius 2 is 1.94 bits per heavy atom. The highest BCUT2D eigenvalue weighted by molar-refractivity contribution is 7.88. The number of halogens is 2. The number of rotatable bonds is 9. The number of fused-ring (bicyclic) bond motifs is 1. The van der Waals surface area contributed by atoms with E-state index in [2.05, 4.69) is 10.8 Å². The Morgan fingerprint density at radius 3 is 2.62 bits per heavy atom. The number of benzene rings is 2. The molecule has 3 aliphatic carbocycles. The zero-order valence-electron chi connectivity index (χ0n) is 18.5. The zero-order chi connectivity index (χ0) is 24.1. The zero-order valence-corrected chi connectivity index (χ0v) is 20.8. The summed E-state index contributed by atoms with van der Waals surface area (Å²) < 4.78 is 39.4. The monoisotopic (exact) mass is 519 g/mol. The number of aromatic nitrogens is 1. The van der Waals surface area contributed by atoms with Crippen molar-refractivity contribution >= 4 is 44.1 Å². The summed E-state index contributed by atoms with van der Waals surface area (Å²) in [4.78, 5) is 0. The van der Waals surface area contributed by atoms with E-state index in [1.807, 2.05) is 35.0 Å². The summed E-state index contributed by atoms with van der Waals surface area (Å²) in [6.07, 6.45) is 5.58. The predicted octanol–water partition coefficient (Wildman–Crippen LogP) is 4.62. The second-order valence-corrected chi connectivity index (χ2v) is 11.9. The molecular formula is C24H23Cl2N3O4S. The van der Waals surface area contributed by atoms with E-state index in [1.165, 1.54) is 6.26 Å². The van der Waals surface area contributed by atoms with Crippen molar-refractivity contribution in [2.24, 2.45) is 5.41 Å². The molecule has 1 heterocycles. The van der Waals surface area contributed by atoms with Crippen molar-refractivity contribution < 1.29 is 17.9 Å². The molecule has 1 aromatic heterocycles. The van der Waals surface area contributed by atoms with E-state index >= 15 is 0 Å². The lowest BCUT2D eigenvalue weighted by Gasteiger charge is -2.69. The predicted molar refractivity (Wildman–Crippen MR) is 132 cm³/mol. The summed E-state index contributed by atoms with van der Waals surface area (Å²) in [5, 5.41) is 10.9. The summed E-state index contributed by atoms with van der Waals surface area (Å²) in [7, 11) is -3.19. The van der Waals surface area contributed by atoms with Crippen LogP contribution in [0.1, 0.15) is 24.8 Å². The molecule has 0 atom stereocenters. The van der Waals surface area contributed by atoms with E-state index in [1.54, 1.807) is 12.1 Å². The van der Waals surface area contributed by atoms with Gasteiger partial charge < -0.3 is 14.0 Å². The summed E-state index contributed by atoms with van der Waals surface area (Å²) in [6, 6.07) is 13.5. The van der Waals surface area contributed by atoms with E-state index in [0.29, 0.717) is 28.8 Å². The first-order valence-electron chi connectivity index (χ1n) is 10.8. The largest absolute Gasteiger partial charge is 0.493 e. The van der Waals surface area contributed by atoms with Crippen molar-refractivity contribution in [3.8, 4) is 23.3 Å². The highest BCUT2D eigenvalue weighted by Crippen LogP contribution is 2.67. The van der Waals surface area contributed by atoms with Crippen LogP contribution < -0.4 is 14.2 Å². The van der Waals surface area contributed by atoms with Gasteiger partial charge in [0.05, 0.1) is 34.8 Å². The summed E-state index contributed by atoms with van der Waals surface area (Å²) in [6.45, 7) is 0.832. The molecule has 0 saturated heterocycles. The van der Waals surface area contributed by atoms with Gasteiger partial charge in [0.15, 0.2) is 5.75 Å². The van der Waals surface area contributed by atoms with Gasteiger partial charge in [-0.3, -0.25) is 0 Å². The van der Waals surface area contributed by atoms with Crippen LogP contribution in [0.15, 0.2) is 42.6 Å². The van der Waals surface area contributed by atoms with Gasteiger partial charge in [-0.1, -0.05) is 11.6 Å². The molecule has 0 spiro atoms. The Balaban J connectivity index is 1.31. The van der Waals surface area contributed by atoms with Gasteiger partial charge in [-0.25, -0.2) is 13.1 Å². The van der Waals surface area contributed by atoms with Gasteiger partial charge in [0.1, 0.15) is 18.4 Å². The third kappa shape index (κ3) is 4.22. The topological polar surface area (TPSA) is 93.3 Å². The van der Waals surface area contributed by atoms with Gasteiger partial charge in [-0.15, -0.1) is 11.6 Å². The standard InChI is InChI=1S/C24H23Cl2N3O4S/c1-34(30,31)28-24-12-23(13-24,14-24)15-33-19-2-3-21-16(9-19)4-6-29(21)18-8-17(11-27)22(20(26)10-18)32-7-5-25/h2-4,6,8-10,28H,5,7,12-15H2,1H3. The average Bonchev–Trinajstić information content (AvgIpc) is 3.15. The van der Waals surface area contributed by atoms with Gasteiger partial charge in [0.25, 0.3) is 0 Å². The molecule has 1 N–H and O–H groups in total. The highest BCUT2D eigenvalue weighted by Gasteiger charge is 2.69. The van der Waals surface area contributed by atoms with Crippen molar-refractivity contribution in [3.05, 3.63) is 53.2 Å². The third-order valence-electron chi connectivity index (χ3n) is 6.50. The van der Waals surface area contributed by atoms with Crippen LogP contribution in [0.25, 0.3) is 16.6 Å². The number of nitrogens with zero attached hydrogens (tertiary/aromatic N) is 2. The second-order valence-electron chi connectivity index (χ2n) is 9.33. The molecule has 3 aromatic rings. The number of nitrogens with one attached hydrogen (secondary N) is 1. The van der Waals surface area contributed by atoms with Crippen LogP contribution in [0.4, 0.5) is 0 Å². The minimum absolute atomic E-state index is 0.0658. The lowest BCUT2D eigenvalue weighted by molar-refractivity contribution is -0.162. The molecule has 0 amide bonds. The lowest BCUT2D eigenvalue weighted by atomic mass is 9.40. The van der Waals surface area contributed by atoms with Crippen LogP contribution in [0.2, 0.25) is 5.02 Å². The third-order valence-corrected chi connectivity index (χ3v) is 7.74. The number of alkyl halides is 1. The molecule has 3 aliphatic rings. The first-order chi connectivity index (χ1) is 16.1. The van der Waals surface area contributed by atoms with Crippen molar-refractivity contribution in [2.45, 2.75) is 24.8 Å².